The molecular formula is C16H25FN2. The van der Waals surface area contributed by atoms with Gasteiger partial charge in [-0.1, -0.05) is 12.1 Å². The summed E-state index contributed by atoms with van der Waals surface area (Å²) in [5.74, 6) is 0.604. The van der Waals surface area contributed by atoms with E-state index in [-0.39, 0.29) is 5.82 Å². The van der Waals surface area contributed by atoms with Gasteiger partial charge in [0.2, 0.25) is 0 Å². The predicted octanol–water partition coefficient (Wildman–Crippen LogP) is 2.82. The van der Waals surface area contributed by atoms with Gasteiger partial charge in [0.1, 0.15) is 5.82 Å². The zero-order valence-corrected chi connectivity index (χ0v) is 11.8. The maximum atomic E-state index is 12.9. The van der Waals surface area contributed by atoms with E-state index in [0.29, 0.717) is 6.04 Å². The smallest absolute Gasteiger partial charge is 0.123 e. The van der Waals surface area contributed by atoms with Crippen molar-refractivity contribution >= 4 is 0 Å². The fourth-order valence-electron chi connectivity index (χ4n) is 3.06. The fraction of sp³-hybridized carbons (Fsp3) is 0.625. The molecule has 0 amide bonds. The van der Waals surface area contributed by atoms with Gasteiger partial charge in [-0.2, -0.15) is 0 Å². The molecule has 2 rings (SSSR count). The van der Waals surface area contributed by atoms with Crippen LogP contribution in [-0.2, 0) is 6.42 Å². The van der Waals surface area contributed by atoms with Crippen LogP contribution < -0.4 is 5.73 Å². The number of nitrogens with zero attached hydrogens (tertiary/aromatic N) is 1. The molecule has 1 heterocycles. The lowest BCUT2D eigenvalue weighted by atomic mass is 9.93. The number of hydrogen-bond acceptors (Lipinski definition) is 2. The van der Waals surface area contributed by atoms with Crippen LogP contribution in [0.3, 0.4) is 0 Å². The van der Waals surface area contributed by atoms with E-state index in [9.17, 15) is 4.39 Å². The molecule has 19 heavy (non-hydrogen) atoms. The van der Waals surface area contributed by atoms with Crippen LogP contribution in [0, 0.1) is 11.7 Å². The van der Waals surface area contributed by atoms with Gasteiger partial charge in [0, 0.05) is 12.6 Å². The minimum atomic E-state index is -0.155. The number of piperidine rings is 1. The summed E-state index contributed by atoms with van der Waals surface area (Å²) in [5.41, 5.74) is 6.88. The monoisotopic (exact) mass is 264 g/mol. The maximum Gasteiger partial charge on any atom is 0.123 e. The van der Waals surface area contributed by atoms with Crippen LogP contribution in [0.5, 0.6) is 0 Å². The van der Waals surface area contributed by atoms with Gasteiger partial charge in [-0.25, -0.2) is 4.39 Å². The minimum Gasteiger partial charge on any atom is -0.330 e. The van der Waals surface area contributed by atoms with Crippen LogP contribution in [0.15, 0.2) is 24.3 Å². The largest absolute Gasteiger partial charge is 0.330 e. The maximum absolute atomic E-state index is 12.9. The molecule has 0 saturated carbocycles. The van der Waals surface area contributed by atoms with E-state index in [0.717, 1.165) is 25.3 Å². The zero-order valence-electron chi connectivity index (χ0n) is 11.8. The van der Waals surface area contributed by atoms with Crippen molar-refractivity contribution in [3.05, 3.63) is 35.6 Å². The number of rotatable bonds is 5. The third kappa shape index (κ3) is 4.29. The van der Waals surface area contributed by atoms with Crippen molar-refractivity contribution in [1.82, 2.24) is 4.90 Å². The van der Waals surface area contributed by atoms with Crippen LogP contribution >= 0.6 is 0 Å². The standard InChI is InChI=1S/C16H25FN2/c1-13(11-14-4-6-16(17)7-5-14)19-10-2-3-15(12-19)8-9-18/h4-7,13,15H,2-3,8-12,18H2,1H3. The predicted molar refractivity (Wildman–Crippen MR) is 77.5 cm³/mol. The van der Waals surface area contributed by atoms with E-state index in [1.807, 2.05) is 12.1 Å². The first-order valence-electron chi connectivity index (χ1n) is 7.37. The molecule has 1 aromatic carbocycles. The van der Waals surface area contributed by atoms with Gasteiger partial charge in [-0.3, -0.25) is 0 Å². The van der Waals surface area contributed by atoms with Crippen LogP contribution in [0.1, 0.15) is 31.7 Å². The summed E-state index contributed by atoms with van der Waals surface area (Å²) in [4.78, 5) is 2.56. The molecule has 3 heteroatoms. The van der Waals surface area contributed by atoms with Crippen molar-refractivity contribution in [1.29, 1.82) is 0 Å². The molecule has 2 N–H and O–H groups in total. The Labute approximate surface area is 115 Å². The van der Waals surface area contributed by atoms with Crippen molar-refractivity contribution in [3.8, 4) is 0 Å². The van der Waals surface area contributed by atoms with Gasteiger partial charge in [-0.05, 0) is 69.3 Å². The van der Waals surface area contributed by atoms with E-state index in [1.165, 1.54) is 31.5 Å². The van der Waals surface area contributed by atoms with Crippen molar-refractivity contribution in [2.45, 2.75) is 38.6 Å². The molecule has 0 radical (unpaired) electrons. The molecule has 2 unspecified atom stereocenters. The minimum absolute atomic E-state index is 0.155. The molecular weight excluding hydrogens is 239 g/mol. The second-order valence-electron chi connectivity index (χ2n) is 5.76. The molecule has 1 aromatic rings. The summed E-state index contributed by atoms with van der Waals surface area (Å²) in [5, 5.41) is 0. The highest BCUT2D eigenvalue weighted by Gasteiger charge is 2.23. The van der Waals surface area contributed by atoms with Gasteiger partial charge in [-0.15, -0.1) is 0 Å². The summed E-state index contributed by atoms with van der Waals surface area (Å²) in [6.45, 7) is 5.42. The fourth-order valence-corrected chi connectivity index (χ4v) is 3.06. The van der Waals surface area contributed by atoms with E-state index in [2.05, 4.69) is 11.8 Å². The highest BCUT2D eigenvalue weighted by molar-refractivity contribution is 5.17. The van der Waals surface area contributed by atoms with Crippen LogP contribution in [0.2, 0.25) is 0 Å². The second-order valence-corrected chi connectivity index (χ2v) is 5.76. The Bertz CT molecular complexity index is 375. The lowest BCUT2D eigenvalue weighted by molar-refractivity contribution is 0.127. The molecule has 0 aromatic heterocycles. The second kappa shape index (κ2) is 7.01. The Balaban J connectivity index is 1.88. The van der Waals surface area contributed by atoms with Gasteiger partial charge in [0.25, 0.3) is 0 Å². The summed E-state index contributed by atoms with van der Waals surface area (Å²) >= 11 is 0. The first-order valence-corrected chi connectivity index (χ1v) is 7.37. The first-order chi connectivity index (χ1) is 9.19. The lowest BCUT2D eigenvalue weighted by Crippen LogP contribution is -2.42. The average molecular weight is 264 g/mol. The third-order valence-corrected chi connectivity index (χ3v) is 4.19. The van der Waals surface area contributed by atoms with Crippen molar-refractivity contribution < 1.29 is 4.39 Å². The molecule has 1 aliphatic rings. The molecule has 1 saturated heterocycles. The van der Waals surface area contributed by atoms with Crippen LogP contribution in [-0.4, -0.2) is 30.6 Å². The Morgan fingerprint density at radius 2 is 2.11 bits per heavy atom. The van der Waals surface area contributed by atoms with Gasteiger partial charge in [0.15, 0.2) is 0 Å². The Morgan fingerprint density at radius 1 is 1.37 bits per heavy atom. The summed E-state index contributed by atoms with van der Waals surface area (Å²) in [6, 6.07) is 7.41. The molecule has 1 fully saturated rings. The lowest BCUT2D eigenvalue weighted by Gasteiger charge is -2.37. The molecule has 1 aliphatic heterocycles. The highest BCUT2D eigenvalue weighted by Crippen LogP contribution is 2.22. The Morgan fingerprint density at radius 3 is 2.79 bits per heavy atom. The van der Waals surface area contributed by atoms with E-state index in [4.69, 9.17) is 5.73 Å². The number of likely N-dealkylation sites (tertiary alicyclic amines) is 1. The molecule has 2 nitrogen and oxygen atoms in total. The average Bonchev–Trinajstić information content (AvgIpc) is 2.42. The van der Waals surface area contributed by atoms with Crippen molar-refractivity contribution in [2.75, 3.05) is 19.6 Å². The summed E-state index contributed by atoms with van der Waals surface area (Å²) in [6.07, 6.45) is 4.73. The van der Waals surface area contributed by atoms with Crippen LogP contribution in [0.4, 0.5) is 4.39 Å². The zero-order chi connectivity index (χ0) is 13.7. The van der Waals surface area contributed by atoms with Crippen molar-refractivity contribution in [3.63, 3.8) is 0 Å². The van der Waals surface area contributed by atoms with E-state index < -0.39 is 0 Å². The number of benzene rings is 1. The quantitative estimate of drug-likeness (QED) is 0.886. The highest BCUT2D eigenvalue weighted by atomic mass is 19.1. The SMILES string of the molecule is CC(Cc1ccc(F)cc1)N1CCCC(CCN)C1. The van der Waals surface area contributed by atoms with Crippen molar-refractivity contribution in [2.24, 2.45) is 11.7 Å². The van der Waals surface area contributed by atoms with Gasteiger partial charge >= 0.3 is 0 Å². The van der Waals surface area contributed by atoms with E-state index in [1.54, 1.807) is 12.1 Å². The first kappa shape index (κ1) is 14.5. The number of halogens is 1. The summed E-state index contributed by atoms with van der Waals surface area (Å²) < 4.78 is 12.9. The topological polar surface area (TPSA) is 29.3 Å². The Hall–Kier alpha value is -0.930. The van der Waals surface area contributed by atoms with Gasteiger partial charge < -0.3 is 10.6 Å². The molecule has 2 atom stereocenters. The molecule has 106 valence electrons. The third-order valence-electron chi connectivity index (χ3n) is 4.19. The number of nitrogens with two attached hydrogens (primary N) is 1. The normalized spacial score (nSPS) is 22.4. The van der Waals surface area contributed by atoms with E-state index >= 15 is 0 Å². The number of hydrogen-bond donors (Lipinski definition) is 1. The van der Waals surface area contributed by atoms with Crippen LogP contribution in [0.25, 0.3) is 0 Å². The molecule has 0 bridgehead atoms. The Kier molecular flexibility index (Phi) is 5.34. The van der Waals surface area contributed by atoms with Gasteiger partial charge in [0.05, 0.1) is 0 Å². The summed E-state index contributed by atoms with van der Waals surface area (Å²) in [7, 11) is 0. The molecule has 0 spiro atoms. The molecule has 0 aliphatic carbocycles.